The molecular formula is C20H19N5S. The summed E-state index contributed by atoms with van der Waals surface area (Å²) in [5, 5.41) is 12.8. The maximum absolute atomic E-state index is 4.84. The molecule has 0 amide bonds. The normalized spacial score (nSPS) is 11.0. The van der Waals surface area contributed by atoms with Crippen molar-refractivity contribution in [1.29, 1.82) is 0 Å². The number of hydrogen-bond donors (Lipinski definition) is 1. The van der Waals surface area contributed by atoms with E-state index in [0.29, 0.717) is 0 Å². The molecule has 0 fully saturated rings. The van der Waals surface area contributed by atoms with Crippen LogP contribution in [0, 0.1) is 0 Å². The molecule has 2 heterocycles. The molecule has 0 aliphatic rings. The molecule has 0 spiro atoms. The Labute approximate surface area is 156 Å². The minimum Gasteiger partial charge on any atom is -0.262 e. The molecule has 130 valence electrons. The van der Waals surface area contributed by atoms with E-state index in [0.717, 1.165) is 45.7 Å². The van der Waals surface area contributed by atoms with Crippen molar-refractivity contribution in [1.82, 2.24) is 25.0 Å². The number of aromatic amines is 1. The van der Waals surface area contributed by atoms with Gasteiger partial charge in [0.1, 0.15) is 5.82 Å². The van der Waals surface area contributed by atoms with Crippen LogP contribution in [0.2, 0.25) is 0 Å². The van der Waals surface area contributed by atoms with E-state index in [1.54, 1.807) is 11.8 Å². The summed E-state index contributed by atoms with van der Waals surface area (Å²) in [5.74, 6) is 1.67. The van der Waals surface area contributed by atoms with Gasteiger partial charge in [-0.1, -0.05) is 67.2 Å². The van der Waals surface area contributed by atoms with Crippen LogP contribution < -0.4 is 0 Å². The van der Waals surface area contributed by atoms with Crippen LogP contribution in [0.4, 0.5) is 0 Å². The number of rotatable bonds is 6. The van der Waals surface area contributed by atoms with E-state index in [1.165, 1.54) is 0 Å². The molecule has 4 rings (SSSR count). The molecule has 2 aromatic carbocycles. The zero-order chi connectivity index (χ0) is 17.8. The van der Waals surface area contributed by atoms with Gasteiger partial charge in [-0.2, -0.15) is 5.10 Å². The van der Waals surface area contributed by atoms with Crippen LogP contribution >= 0.6 is 11.8 Å². The van der Waals surface area contributed by atoms with Crippen LogP contribution in [0.5, 0.6) is 0 Å². The summed E-state index contributed by atoms with van der Waals surface area (Å²) in [6, 6.07) is 20.4. The predicted octanol–water partition coefficient (Wildman–Crippen LogP) is 4.51. The minimum absolute atomic E-state index is 0.762. The van der Waals surface area contributed by atoms with Crippen LogP contribution in [0.25, 0.3) is 16.9 Å². The molecule has 0 radical (unpaired) electrons. The standard InChI is InChI=1S/C20H19N5S/c1-2-18-21-20(23-22-18)26-14-16-13-25(17-11-7-4-8-12-17)24-19(16)15-9-5-3-6-10-15/h3-13H,2,14H2,1H3,(H,21,22,23). The molecule has 6 heteroatoms. The van der Waals surface area contributed by atoms with E-state index in [4.69, 9.17) is 5.10 Å². The Kier molecular flexibility index (Phi) is 4.84. The average molecular weight is 361 g/mol. The third kappa shape index (κ3) is 3.55. The van der Waals surface area contributed by atoms with Gasteiger partial charge >= 0.3 is 0 Å². The summed E-state index contributed by atoms with van der Waals surface area (Å²) in [6.07, 6.45) is 2.95. The molecular weight excluding hydrogens is 342 g/mol. The van der Waals surface area contributed by atoms with E-state index < -0.39 is 0 Å². The minimum atomic E-state index is 0.762. The Bertz CT molecular complexity index is 976. The summed E-state index contributed by atoms with van der Waals surface area (Å²) < 4.78 is 1.94. The summed E-state index contributed by atoms with van der Waals surface area (Å²) in [4.78, 5) is 4.48. The van der Waals surface area contributed by atoms with Gasteiger partial charge in [0.15, 0.2) is 0 Å². The Morgan fingerprint density at radius 1 is 1.00 bits per heavy atom. The molecule has 0 unspecified atom stereocenters. The lowest BCUT2D eigenvalue weighted by atomic mass is 10.1. The second kappa shape index (κ2) is 7.58. The van der Waals surface area contributed by atoms with Crippen molar-refractivity contribution in [3.8, 4) is 16.9 Å². The highest BCUT2D eigenvalue weighted by Crippen LogP contribution is 2.28. The highest BCUT2D eigenvalue weighted by molar-refractivity contribution is 7.98. The first-order valence-corrected chi connectivity index (χ1v) is 9.55. The molecule has 0 atom stereocenters. The highest BCUT2D eigenvalue weighted by Gasteiger charge is 2.13. The first kappa shape index (κ1) is 16.6. The quantitative estimate of drug-likeness (QED) is 0.513. The van der Waals surface area contributed by atoms with E-state index in [1.807, 2.05) is 41.1 Å². The monoisotopic (exact) mass is 361 g/mol. The fourth-order valence-electron chi connectivity index (χ4n) is 2.71. The van der Waals surface area contributed by atoms with Crippen molar-refractivity contribution in [2.24, 2.45) is 0 Å². The van der Waals surface area contributed by atoms with Gasteiger partial charge in [-0.15, -0.1) is 5.10 Å². The number of aromatic nitrogens is 5. The number of thioether (sulfide) groups is 1. The van der Waals surface area contributed by atoms with Gasteiger partial charge in [0.05, 0.1) is 11.4 Å². The maximum atomic E-state index is 4.84. The third-order valence-electron chi connectivity index (χ3n) is 4.06. The SMILES string of the molecule is CCc1nc(SCc2cn(-c3ccccc3)nc2-c2ccccc2)n[nH]1. The van der Waals surface area contributed by atoms with Crippen molar-refractivity contribution in [3.05, 3.63) is 78.2 Å². The Morgan fingerprint density at radius 2 is 1.73 bits per heavy atom. The maximum Gasteiger partial charge on any atom is 0.208 e. The average Bonchev–Trinajstić information content (AvgIpc) is 3.34. The highest BCUT2D eigenvalue weighted by atomic mass is 32.2. The van der Waals surface area contributed by atoms with Crippen LogP contribution in [0.1, 0.15) is 18.3 Å². The smallest absolute Gasteiger partial charge is 0.208 e. The van der Waals surface area contributed by atoms with Crippen molar-refractivity contribution < 1.29 is 0 Å². The number of aryl methyl sites for hydroxylation is 1. The summed E-state index contributed by atoms with van der Waals surface area (Å²) in [5.41, 5.74) is 4.32. The van der Waals surface area contributed by atoms with E-state index in [-0.39, 0.29) is 0 Å². The molecule has 1 N–H and O–H groups in total. The molecule has 0 saturated heterocycles. The van der Waals surface area contributed by atoms with Crippen LogP contribution in [0.3, 0.4) is 0 Å². The molecule has 0 saturated carbocycles. The van der Waals surface area contributed by atoms with Gasteiger partial charge < -0.3 is 0 Å². The molecule has 4 aromatic rings. The first-order valence-electron chi connectivity index (χ1n) is 8.57. The molecule has 26 heavy (non-hydrogen) atoms. The van der Waals surface area contributed by atoms with Gasteiger partial charge in [-0.25, -0.2) is 9.67 Å². The van der Waals surface area contributed by atoms with Gasteiger partial charge in [-0.3, -0.25) is 5.10 Å². The van der Waals surface area contributed by atoms with Crippen molar-refractivity contribution in [3.63, 3.8) is 0 Å². The van der Waals surface area contributed by atoms with Crippen LogP contribution in [-0.2, 0) is 12.2 Å². The van der Waals surface area contributed by atoms with E-state index in [2.05, 4.69) is 52.6 Å². The summed E-state index contributed by atoms with van der Waals surface area (Å²) in [7, 11) is 0. The number of nitrogens with one attached hydrogen (secondary N) is 1. The van der Waals surface area contributed by atoms with Crippen LogP contribution in [-0.4, -0.2) is 25.0 Å². The summed E-state index contributed by atoms with van der Waals surface area (Å²) in [6.45, 7) is 2.06. The van der Waals surface area contributed by atoms with Gasteiger partial charge in [0, 0.05) is 29.5 Å². The molecule has 2 aromatic heterocycles. The van der Waals surface area contributed by atoms with Crippen LogP contribution in [0.15, 0.2) is 72.0 Å². The molecule has 0 aliphatic carbocycles. The van der Waals surface area contributed by atoms with Gasteiger partial charge in [-0.05, 0) is 12.1 Å². The molecule has 5 nitrogen and oxygen atoms in total. The summed E-state index contributed by atoms with van der Waals surface area (Å²) >= 11 is 1.62. The fourth-order valence-corrected chi connectivity index (χ4v) is 3.49. The van der Waals surface area contributed by atoms with Crippen molar-refractivity contribution >= 4 is 11.8 Å². The Morgan fingerprint density at radius 3 is 2.42 bits per heavy atom. The van der Waals surface area contributed by atoms with E-state index >= 15 is 0 Å². The zero-order valence-electron chi connectivity index (χ0n) is 14.5. The second-order valence-corrected chi connectivity index (χ2v) is 6.80. The largest absolute Gasteiger partial charge is 0.262 e. The topological polar surface area (TPSA) is 59.4 Å². The number of H-pyrrole nitrogens is 1. The number of nitrogens with zero attached hydrogens (tertiary/aromatic N) is 4. The molecule has 0 bridgehead atoms. The second-order valence-electron chi connectivity index (χ2n) is 5.86. The zero-order valence-corrected chi connectivity index (χ0v) is 15.3. The fraction of sp³-hybridized carbons (Fsp3) is 0.150. The van der Waals surface area contributed by atoms with Crippen molar-refractivity contribution in [2.45, 2.75) is 24.3 Å². The molecule has 0 aliphatic heterocycles. The third-order valence-corrected chi connectivity index (χ3v) is 4.96. The lowest BCUT2D eigenvalue weighted by Crippen LogP contribution is -1.93. The van der Waals surface area contributed by atoms with Gasteiger partial charge in [0.25, 0.3) is 0 Å². The lowest BCUT2D eigenvalue weighted by molar-refractivity contribution is 0.884. The number of para-hydroxylation sites is 1. The number of benzene rings is 2. The Balaban J connectivity index is 1.66. The van der Waals surface area contributed by atoms with Gasteiger partial charge in [0.2, 0.25) is 5.16 Å². The Hall–Kier alpha value is -2.86. The van der Waals surface area contributed by atoms with Crippen molar-refractivity contribution in [2.75, 3.05) is 0 Å². The van der Waals surface area contributed by atoms with E-state index in [9.17, 15) is 0 Å². The number of hydrogen-bond acceptors (Lipinski definition) is 4. The predicted molar refractivity (Wildman–Crippen MR) is 104 cm³/mol. The lowest BCUT2D eigenvalue weighted by Gasteiger charge is -2.01. The first-order chi connectivity index (χ1) is 12.8.